The maximum absolute atomic E-state index is 12.6. The Labute approximate surface area is 84.3 Å². The lowest BCUT2D eigenvalue weighted by Crippen LogP contribution is -2.36. The van der Waals surface area contributed by atoms with Crippen molar-refractivity contribution in [1.82, 2.24) is 5.43 Å². The van der Waals surface area contributed by atoms with Gasteiger partial charge < -0.3 is 0 Å². The van der Waals surface area contributed by atoms with E-state index >= 15 is 0 Å². The Morgan fingerprint density at radius 1 is 1.36 bits per heavy atom. The summed E-state index contributed by atoms with van der Waals surface area (Å²) >= 11 is 0. The molecule has 0 fully saturated rings. The molecule has 1 atom stereocenters. The number of hydrogen-bond acceptors (Lipinski definition) is 2. The van der Waals surface area contributed by atoms with Gasteiger partial charge in [0.05, 0.1) is 0 Å². The second-order valence-corrected chi connectivity index (χ2v) is 3.48. The SMILES string of the molecule is CCCC(Cc1ccc(F)cc1)NN. The van der Waals surface area contributed by atoms with Crippen LogP contribution in [-0.4, -0.2) is 6.04 Å². The van der Waals surface area contributed by atoms with E-state index in [1.54, 1.807) is 12.1 Å². The second-order valence-electron chi connectivity index (χ2n) is 3.48. The third kappa shape index (κ3) is 3.44. The highest BCUT2D eigenvalue weighted by atomic mass is 19.1. The summed E-state index contributed by atoms with van der Waals surface area (Å²) in [5.41, 5.74) is 3.89. The van der Waals surface area contributed by atoms with E-state index in [4.69, 9.17) is 5.84 Å². The van der Waals surface area contributed by atoms with Crippen LogP contribution >= 0.6 is 0 Å². The third-order valence-corrected chi connectivity index (χ3v) is 2.27. The first-order valence-electron chi connectivity index (χ1n) is 4.96. The van der Waals surface area contributed by atoms with Gasteiger partial charge in [-0.3, -0.25) is 11.3 Å². The van der Waals surface area contributed by atoms with Gasteiger partial charge in [-0.1, -0.05) is 25.5 Å². The number of rotatable bonds is 5. The van der Waals surface area contributed by atoms with Crippen molar-refractivity contribution in [3.63, 3.8) is 0 Å². The molecule has 3 heteroatoms. The Hall–Kier alpha value is -0.930. The minimum Gasteiger partial charge on any atom is -0.271 e. The summed E-state index contributed by atoms with van der Waals surface area (Å²) in [4.78, 5) is 0. The zero-order valence-electron chi connectivity index (χ0n) is 8.46. The minimum atomic E-state index is -0.193. The summed E-state index contributed by atoms with van der Waals surface area (Å²) in [5.74, 6) is 5.22. The molecule has 0 aliphatic heterocycles. The fraction of sp³-hybridized carbons (Fsp3) is 0.455. The van der Waals surface area contributed by atoms with E-state index in [2.05, 4.69) is 12.3 Å². The van der Waals surface area contributed by atoms with Gasteiger partial charge in [-0.25, -0.2) is 4.39 Å². The molecule has 1 aromatic rings. The van der Waals surface area contributed by atoms with E-state index < -0.39 is 0 Å². The zero-order chi connectivity index (χ0) is 10.4. The van der Waals surface area contributed by atoms with E-state index in [-0.39, 0.29) is 11.9 Å². The maximum atomic E-state index is 12.6. The predicted octanol–water partition coefficient (Wildman–Crippen LogP) is 2.00. The fourth-order valence-electron chi connectivity index (χ4n) is 1.50. The Bertz CT molecular complexity index is 258. The van der Waals surface area contributed by atoms with E-state index in [1.807, 2.05) is 0 Å². The highest BCUT2D eigenvalue weighted by Crippen LogP contribution is 2.08. The molecule has 3 N–H and O–H groups in total. The van der Waals surface area contributed by atoms with Crippen LogP contribution in [0.15, 0.2) is 24.3 Å². The smallest absolute Gasteiger partial charge is 0.123 e. The van der Waals surface area contributed by atoms with Crippen molar-refractivity contribution in [3.8, 4) is 0 Å². The normalized spacial score (nSPS) is 12.8. The molecule has 0 heterocycles. The van der Waals surface area contributed by atoms with Gasteiger partial charge in [0.1, 0.15) is 5.82 Å². The topological polar surface area (TPSA) is 38.0 Å². The largest absolute Gasteiger partial charge is 0.271 e. The number of hydrazine groups is 1. The van der Waals surface area contributed by atoms with Crippen LogP contribution in [0.25, 0.3) is 0 Å². The first kappa shape index (κ1) is 11.1. The lowest BCUT2D eigenvalue weighted by molar-refractivity contribution is 0.485. The molecule has 1 unspecified atom stereocenters. The Balaban J connectivity index is 2.53. The number of nitrogens with two attached hydrogens (primary N) is 1. The van der Waals surface area contributed by atoms with Gasteiger partial charge >= 0.3 is 0 Å². The van der Waals surface area contributed by atoms with Crippen LogP contribution in [0.4, 0.5) is 4.39 Å². The Morgan fingerprint density at radius 2 is 2.00 bits per heavy atom. The van der Waals surface area contributed by atoms with Crippen molar-refractivity contribution in [2.24, 2.45) is 5.84 Å². The summed E-state index contributed by atoms with van der Waals surface area (Å²) in [6.45, 7) is 2.12. The molecule has 0 radical (unpaired) electrons. The van der Waals surface area contributed by atoms with Gasteiger partial charge in [-0.15, -0.1) is 0 Å². The molecule has 0 aliphatic rings. The fourth-order valence-corrected chi connectivity index (χ4v) is 1.50. The van der Waals surface area contributed by atoms with Crippen LogP contribution in [0, 0.1) is 5.82 Å². The number of benzene rings is 1. The van der Waals surface area contributed by atoms with Crippen LogP contribution < -0.4 is 11.3 Å². The van der Waals surface area contributed by atoms with Gasteiger partial charge in [-0.2, -0.15) is 0 Å². The van der Waals surface area contributed by atoms with Crippen LogP contribution in [0.2, 0.25) is 0 Å². The number of halogens is 1. The molecular formula is C11H17FN2. The van der Waals surface area contributed by atoms with Crippen molar-refractivity contribution in [1.29, 1.82) is 0 Å². The summed E-state index contributed by atoms with van der Waals surface area (Å²) < 4.78 is 12.6. The summed E-state index contributed by atoms with van der Waals surface area (Å²) in [5, 5.41) is 0. The van der Waals surface area contributed by atoms with Crippen LogP contribution in [0.3, 0.4) is 0 Å². The average molecular weight is 196 g/mol. The molecular weight excluding hydrogens is 179 g/mol. The molecule has 78 valence electrons. The third-order valence-electron chi connectivity index (χ3n) is 2.27. The highest BCUT2D eigenvalue weighted by Gasteiger charge is 2.05. The van der Waals surface area contributed by atoms with Crippen molar-refractivity contribution in [2.75, 3.05) is 0 Å². The van der Waals surface area contributed by atoms with Crippen LogP contribution in [0.5, 0.6) is 0 Å². The van der Waals surface area contributed by atoms with Crippen LogP contribution in [-0.2, 0) is 6.42 Å². The molecule has 0 aliphatic carbocycles. The Kier molecular flexibility index (Phi) is 4.56. The maximum Gasteiger partial charge on any atom is 0.123 e. The van der Waals surface area contributed by atoms with Crippen LogP contribution in [0.1, 0.15) is 25.3 Å². The molecule has 14 heavy (non-hydrogen) atoms. The number of nitrogens with one attached hydrogen (secondary N) is 1. The first-order valence-corrected chi connectivity index (χ1v) is 4.96. The predicted molar refractivity (Wildman–Crippen MR) is 56.1 cm³/mol. The average Bonchev–Trinajstić information content (AvgIpc) is 2.20. The number of hydrogen-bond donors (Lipinski definition) is 2. The molecule has 2 nitrogen and oxygen atoms in total. The minimum absolute atomic E-state index is 0.193. The molecule has 1 aromatic carbocycles. The van der Waals surface area contributed by atoms with E-state index in [1.165, 1.54) is 12.1 Å². The monoisotopic (exact) mass is 196 g/mol. The zero-order valence-corrected chi connectivity index (χ0v) is 8.46. The second kappa shape index (κ2) is 5.73. The lowest BCUT2D eigenvalue weighted by atomic mass is 10.0. The van der Waals surface area contributed by atoms with Gasteiger partial charge in [0.2, 0.25) is 0 Å². The molecule has 0 saturated heterocycles. The van der Waals surface area contributed by atoms with Gasteiger partial charge in [0.25, 0.3) is 0 Å². The van der Waals surface area contributed by atoms with Crippen molar-refractivity contribution >= 4 is 0 Å². The van der Waals surface area contributed by atoms with E-state index in [0.29, 0.717) is 0 Å². The van der Waals surface area contributed by atoms with Crippen molar-refractivity contribution in [2.45, 2.75) is 32.2 Å². The summed E-state index contributed by atoms with van der Waals surface area (Å²) in [6.07, 6.45) is 2.98. The molecule has 0 amide bonds. The summed E-state index contributed by atoms with van der Waals surface area (Å²) in [6, 6.07) is 6.85. The van der Waals surface area contributed by atoms with Gasteiger partial charge in [0, 0.05) is 6.04 Å². The quantitative estimate of drug-likeness (QED) is 0.558. The standard InChI is InChI=1S/C11H17FN2/c1-2-3-11(14-13)8-9-4-6-10(12)7-5-9/h4-7,11,14H,2-3,8,13H2,1H3. The Morgan fingerprint density at radius 3 is 2.50 bits per heavy atom. The van der Waals surface area contributed by atoms with E-state index in [0.717, 1.165) is 24.8 Å². The van der Waals surface area contributed by atoms with Gasteiger partial charge in [-0.05, 0) is 30.5 Å². The summed E-state index contributed by atoms with van der Waals surface area (Å²) in [7, 11) is 0. The molecule has 0 spiro atoms. The highest BCUT2D eigenvalue weighted by molar-refractivity contribution is 5.17. The van der Waals surface area contributed by atoms with E-state index in [9.17, 15) is 4.39 Å². The molecule has 0 aromatic heterocycles. The first-order chi connectivity index (χ1) is 6.76. The molecule has 0 bridgehead atoms. The van der Waals surface area contributed by atoms with Gasteiger partial charge in [0.15, 0.2) is 0 Å². The molecule has 0 saturated carbocycles. The van der Waals surface area contributed by atoms with Crippen molar-refractivity contribution in [3.05, 3.63) is 35.6 Å². The van der Waals surface area contributed by atoms with Crippen molar-refractivity contribution < 1.29 is 4.39 Å². The molecule has 1 rings (SSSR count). The lowest BCUT2D eigenvalue weighted by Gasteiger charge is -2.14.